The molecule has 1 fully saturated rings. The molecule has 1 N–H and O–H groups in total. The fourth-order valence-electron chi connectivity index (χ4n) is 3.81. The van der Waals surface area contributed by atoms with Gasteiger partial charge < -0.3 is 10.1 Å². The van der Waals surface area contributed by atoms with Gasteiger partial charge in [-0.2, -0.15) is 0 Å². The van der Waals surface area contributed by atoms with Crippen molar-refractivity contribution in [3.05, 3.63) is 48.6 Å². The van der Waals surface area contributed by atoms with Crippen molar-refractivity contribution in [3.8, 4) is 0 Å². The van der Waals surface area contributed by atoms with E-state index in [0.717, 1.165) is 31.5 Å². The molecule has 1 saturated heterocycles. The molecule has 1 aliphatic heterocycles. The number of alkyl carbamates (subject to hydrolysis) is 1. The summed E-state index contributed by atoms with van der Waals surface area (Å²) in [5.41, 5.74) is 0.386. The van der Waals surface area contributed by atoms with E-state index < -0.39 is 5.60 Å². The predicted octanol–water partition coefficient (Wildman–Crippen LogP) is 4.93. The van der Waals surface area contributed by atoms with Gasteiger partial charge in [-0.05, 0) is 52.0 Å². The predicted molar refractivity (Wildman–Crippen MR) is 107 cm³/mol. The number of hydrogen-bond donors (Lipinski definition) is 1. The van der Waals surface area contributed by atoms with Crippen LogP contribution >= 0.6 is 0 Å². The minimum Gasteiger partial charge on any atom is -0.444 e. The lowest BCUT2D eigenvalue weighted by molar-refractivity contribution is 0.00543. The Bertz CT molecular complexity index is 608. The molecule has 2 rings (SSSR count). The Morgan fingerprint density at radius 3 is 2.65 bits per heavy atom. The number of piperidine rings is 1. The quantitative estimate of drug-likeness (QED) is 0.759. The Balaban J connectivity index is 2.35. The Morgan fingerprint density at radius 1 is 1.42 bits per heavy atom. The molecule has 2 unspecified atom stereocenters. The largest absolute Gasteiger partial charge is 0.444 e. The summed E-state index contributed by atoms with van der Waals surface area (Å²) in [6, 6.07) is 10.1. The smallest absolute Gasteiger partial charge is 0.408 e. The fraction of sp³-hybridized carbons (Fsp3) is 0.591. The van der Waals surface area contributed by atoms with Gasteiger partial charge in [0.15, 0.2) is 0 Å². The van der Waals surface area contributed by atoms with Gasteiger partial charge in [-0.3, -0.25) is 4.90 Å². The van der Waals surface area contributed by atoms with Crippen molar-refractivity contribution in [2.75, 3.05) is 13.1 Å². The highest BCUT2D eigenvalue weighted by Crippen LogP contribution is 2.40. The van der Waals surface area contributed by atoms with Crippen molar-refractivity contribution in [2.24, 2.45) is 5.92 Å². The fourth-order valence-corrected chi connectivity index (χ4v) is 3.81. The molecule has 0 spiro atoms. The molecule has 1 heterocycles. The third kappa shape index (κ3) is 5.10. The maximum Gasteiger partial charge on any atom is 0.408 e. The Kier molecular flexibility index (Phi) is 6.51. The third-order valence-corrected chi connectivity index (χ3v) is 5.16. The molecule has 26 heavy (non-hydrogen) atoms. The average molecular weight is 359 g/mol. The van der Waals surface area contributed by atoms with Crippen LogP contribution in [-0.4, -0.2) is 35.2 Å². The van der Waals surface area contributed by atoms with Gasteiger partial charge in [-0.25, -0.2) is 4.79 Å². The average Bonchev–Trinajstić information content (AvgIpc) is 2.56. The van der Waals surface area contributed by atoms with Crippen molar-refractivity contribution in [2.45, 2.75) is 64.6 Å². The number of carbonyl (C=O) groups excluding carboxylic acids is 1. The second kappa shape index (κ2) is 8.26. The summed E-state index contributed by atoms with van der Waals surface area (Å²) in [7, 11) is 0. The number of nitrogens with one attached hydrogen (secondary N) is 1. The number of ether oxygens (including phenoxy) is 1. The highest BCUT2D eigenvalue weighted by Gasteiger charge is 2.44. The number of hydrogen-bond acceptors (Lipinski definition) is 3. The van der Waals surface area contributed by atoms with Crippen LogP contribution in [0.1, 0.15) is 59.1 Å². The lowest BCUT2D eigenvalue weighted by atomic mass is 9.76. The normalized spacial score (nSPS) is 25.3. The first kappa shape index (κ1) is 20.5. The number of carbonyl (C=O) groups is 1. The molecule has 1 aromatic carbocycles. The van der Waals surface area contributed by atoms with Gasteiger partial charge >= 0.3 is 6.09 Å². The monoisotopic (exact) mass is 358 g/mol. The van der Waals surface area contributed by atoms with Gasteiger partial charge in [-0.1, -0.05) is 43.3 Å². The van der Waals surface area contributed by atoms with Crippen molar-refractivity contribution < 1.29 is 9.53 Å². The number of amides is 1. The van der Waals surface area contributed by atoms with Crippen LogP contribution in [0.3, 0.4) is 0 Å². The highest BCUT2D eigenvalue weighted by molar-refractivity contribution is 5.68. The first-order valence-corrected chi connectivity index (χ1v) is 9.56. The second-order valence-corrected chi connectivity index (χ2v) is 8.68. The summed E-state index contributed by atoms with van der Waals surface area (Å²) >= 11 is 0. The summed E-state index contributed by atoms with van der Waals surface area (Å²) in [6.45, 7) is 15.9. The third-order valence-electron chi connectivity index (χ3n) is 5.16. The van der Waals surface area contributed by atoms with Crippen LogP contribution in [-0.2, 0) is 4.74 Å². The topological polar surface area (TPSA) is 41.6 Å². The Morgan fingerprint density at radius 2 is 2.08 bits per heavy atom. The van der Waals surface area contributed by atoms with Gasteiger partial charge in [0.1, 0.15) is 5.60 Å². The van der Waals surface area contributed by atoms with E-state index in [1.54, 1.807) is 0 Å². The molecule has 0 aromatic heterocycles. The summed E-state index contributed by atoms with van der Waals surface area (Å²) in [5.74, 6) is 0.640. The highest BCUT2D eigenvalue weighted by atomic mass is 16.6. The van der Waals surface area contributed by atoms with Crippen LogP contribution in [0.25, 0.3) is 0 Å². The van der Waals surface area contributed by atoms with Crippen molar-refractivity contribution >= 4 is 6.09 Å². The van der Waals surface area contributed by atoms with Gasteiger partial charge in [0, 0.05) is 18.6 Å². The molecule has 0 bridgehead atoms. The molecule has 1 amide bonds. The molecule has 0 aliphatic carbocycles. The van der Waals surface area contributed by atoms with E-state index in [-0.39, 0.29) is 17.7 Å². The molecular weight excluding hydrogens is 324 g/mol. The van der Waals surface area contributed by atoms with Crippen molar-refractivity contribution in [1.82, 2.24) is 10.2 Å². The molecule has 1 aliphatic rings. The molecule has 0 saturated carbocycles. The van der Waals surface area contributed by atoms with E-state index in [1.165, 1.54) is 0 Å². The number of nitrogens with zero attached hydrogens (tertiary/aromatic N) is 1. The molecule has 1 aromatic rings. The summed E-state index contributed by atoms with van der Waals surface area (Å²) in [4.78, 5) is 15.0. The summed E-state index contributed by atoms with van der Waals surface area (Å²) in [5, 5.41) is 3.17. The number of rotatable bonds is 5. The second-order valence-electron chi connectivity index (χ2n) is 8.68. The number of likely N-dealkylation sites (tertiary alicyclic amines) is 1. The van der Waals surface area contributed by atoms with Crippen LogP contribution < -0.4 is 5.32 Å². The van der Waals surface area contributed by atoms with Crippen LogP contribution in [0.5, 0.6) is 0 Å². The zero-order chi connectivity index (χ0) is 19.4. The maximum atomic E-state index is 12.6. The van der Waals surface area contributed by atoms with Crippen molar-refractivity contribution in [3.63, 3.8) is 0 Å². The number of benzene rings is 1. The molecule has 4 nitrogen and oxygen atoms in total. The van der Waals surface area contributed by atoms with E-state index in [4.69, 9.17) is 4.74 Å². The molecule has 0 radical (unpaired) electrons. The van der Waals surface area contributed by atoms with Crippen LogP contribution in [0.2, 0.25) is 0 Å². The van der Waals surface area contributed by atoms with Crippen LogP contribution in [0, 0.1) is 5.92 Å². The zero-order valence-corrected chi connectivity index (χ0v) is 16.9. The Labute approximate surface area is 158 Å². The maximum absolute atomic E-state index is 12.6. The van der Waals surface area contributed by atoms with Gasteiger partial charge in [0.25, 0.3) is 0 Å². The SMILES string of the molecule is C=CCN1CC(C)CCC1(C)[C@H](NC(=O)OC(C)(C)C)c1ccccc1. The van der Waals surface area contributed by atoms with Gasteiger partial charge in [0.2, 0.25) is 0 Å². The van der Waals surface area contributed by atoms with Crippen LogP contribution in [0.4, 0.5) is 4.79 Å². The van der Waals surface area contributed by atoms with E-state index in [1.807, 2.05) is 45.0 Å². The molecule has 144 valence electrons. The minimum atomic E-state index is -0.520. The van der Waals surface area contributed by atoms with Crippen molar-refractivity contribution in [1.29, 1.82) is 0 Å². The Hall–Kier alpha value is -1.81. The van der Waals surface area contributed by atoms with E-state index in [2.05, 4.69) is 42.8 Å². The lowest BCUT2D eigenvalue weighted by Gasteiger charge is -2.51. The minimum absolute atomic E-state index is 0.147. The van der Waals surface area contributed by atoms with Crippen LogP contribution in [0.15, 0.2) is 43.0 Å². The van der Waals surface area contributed by atoms with E-state index >= 15 is 0 Å². The molecular formula is C22H34N2O2. The van der Waals surface area contributed by atoms with E-state index in [0.29, 0.717) is 5.92 Å². The van der Waals surface area contributed by atoms with Gasteiger partial charge in [-0.15, -0.1) is 6.58 Å². The standard InChI is InChI=1S/C22H34N2O2/c1-7-15-24-16-17(2)13-14-22(24,6)19(18-11-9-8-10-12-18)23-20(25)26-21(3,4)5/h7-12,17,19H,1,13-16H2,2-6H3,(H,23,25)/t17?,19-,22?/m1/s1. The first-order chi connectivity index (χ1) is 12.2. The van der Waals surface area contributed by atoms with E-state index in [9.17, 15) is 4.79 Å². The summed E-state index contributed by atoms with van der Waals surface area (Å²) in [6.07, 6.45) is 3.73. The molecule has 3 atom stereocenters. The zero-order valence-electron chi connectivity index (χ0n) is 16.9. The first-order valence-electron chi connectivity index (χ1n) is 9.56. The lowest BCUT2D eigenvalue weighted by Crippen LogP contribution is -2.59. The molecule has 4 heteroatoms. The summed E-state index contributed by atoms with van der Waals surface area (Å²) < 4.78 is 5.55. The van der Waals surface area contributed by atoms with Gasteiger partial charge in [0.05, 0.1) is 6.04 Å².